The molecule has 0 unspecified atom stereocenters. The van der Waals surface area contributed by atoms with Crippen LogP contribution in [0.25, 0.3) is 0 Å². The average Bonchev–Trinajstić information content (AvgIpc) is 3.47. The quantitative estimate of drug-likeness (QED) is 0.284. The molecule has 218 valence electrons. The van der Waals surface area contributed by atoms with Crippen LogP contribution in [-0.2, 0) is 17.9 Å². The molecule has 2 aliphatic heterocycles. The average molecular weight is 578 g/mol. The Morgan fingerprint density at radius 3 is 2.34 bits per heavy atom. The van der Waals surface area contributed by atoms with Crippen LogP contribution >= 0.6 is 0 Å². The van der Waals surface area contributed by atoms with Gasteiger partial charge >= 0.3 is 24.3 Å². The predicted octanol–water partition coefficient (Wildman–Crippen LogP) is 4.38. The van der Waals surface area contributed by atoms with Crippen molar-refractivity contribution in [1.29, 1.82) is 0 Å². The summed E-state index contributed by atoms with van der Waals surface area (Å²) in [4.78, 5) is 30.4. The molecule has 0 aliphatic carbocycles. The third-order valence-electron chi connectivity index (χ3n) is 6.56. The summed E-state index contributed by atoms with van der Waals surface area (Å²) in [5.41, 5.74) is 0.783. The fourth-order valence-electron chi connectivity index (χ4n) is 4.52. The zero-order chi connectivity index (χ0) is 29.2. The van der Waals surface area contributed by atoms with E-state index in [0.717, 1.165) is 5.69 Å². The van der Waals surface area contributed by atoms with Crippen molar-refractivity contribution in [3.8, 4) is 17.5 Å². The fraction of sp³-hybridized carbons (Fsp3) is 0.385. The van der Waals surface area contributed by atoms with Crippen LogP contribution in [0, 0.1) is 10.1 Å². The third kappa shape index (κ3) is 6.91. The number of nitrogens with zero attached hydrogens (tertiary/aromatic N) is 5. The summed E-state index contributed by atoms with van der Waals surface area (Å²) in [6, 6.07) is 12.8. The number of benzene rings is 2. The maximum absolute atomic E-state index is 12.5. The summed E-state index contributed by atoms with van der Waals surface area (Å²) in [6.07, 6.45) is -3.92. The number of hydrogen-bond acceptors (Lipinski definition) is 9. The van der Waals surface area contributed by atoms with E-state index >= 15 is 0 Å². The minimum absolute atomic E-state index is 0.0698. The molecule has 1 atom stereocenters. The molecule has 1 fully saturated rings. The Hall–Kier alpha value is -4.69. The second kappa shape index (κ2) is 11.1. The number of imidazole rings is 1. The molecule has 1 amide bonds. The number of aromatic nitrogens is 2. The highest BCUT2D eigenvalue weighted by Crippen LogP contribution is 2.32. The van der Waals surface area contributed by atoms with Gasteiger partial charge in [0.15, 0.2) is 5.60 Å². The van der Waals surface area contributed by atoms with Crippen molar-refractivity contribution in [3.05, 3.63) is 70.4 Å². The summed E-state index contributed by atoms with van der Waals surface area (Å²) in [6.45, 7) is 4.42. The Morgan fingerprint density at radius 2 is 1.73 bits per heavy atom. The molecule has 2 aliphatic rings. The van der Waals surface area contributed by atoms with Crippen molar-refractivity contribution < 1.29 is 41.8 Å². The van der Waals surface area contributed by atoms with E-state index in [1.807, 2.05) is 31.2 Å². The smallest absolute Gasteiger partial charge is 0.489 e. The SMILES string of the molecule is C[C@]1(COc2ccc(N3CCN(C(=O)OCc4ccc(OC(F)(F)F)cc4)CC3)cc2)Cn2cc([N+](=O)[O-])nc2O1. The number of amides is 1. The molecule has 3 aromatic rings. The number of fused-ring (bicyclic) bond motifs is 1. The van der Waals surface area contributed by atoms with Crippen molar-refractivity contribution in [3.63, 3.8) is 0 Å². The molecular formula is C26H26F3N5O7. The maximum Gasteiger partial charge on any atom is 0.573 e. The number of hydrogen-bond donors (Lipinski definition) is 0. The van der Waals surface area contributed by atoms with Crippen molar-refractivity contribution >= 4 is 17.6 Å². The molecule has 0 radical (unpaired) electrons. The van der Waals surface area contributed by atoms with E-state index in [0.29, 0.717) is 44.0 Å². The Kier molecular flexibility index (Phi) is 7.51. The zero-order valence-electron chi connectivity index (χ0n) is 21.9. The maximum atomic E-state index is 12.5. The number of halogens is 3. The van der Waals surface area contributed by atoms with Crippen LogP contribution < -0.4 is 19.1 Å². The number of piperazine rings is 1. The molecule has 3 heterocycles. The van der Waals surface area contributed by atoms with Gasteiger partial charge in [-0.15, -0.1) is 13.2 Å². The van der Waals surface area contributed by atoms with Gasteiger partial charge in [0.25, 0.3) is 0 Å². The first-order valence-corrected chi connectivity index (χ1v) is 12.6. The summed E-state index contributed by atoms with van der Waals surface area (Å²) in [7, 11) is 0. The standard InChI is InChI=1S/C26H26F3N5O7/c1-25(16-33-14-22(34(36)37)30-23(33)41-25)17-39-20-8-4-19(5-9-20)31-10-12-32(13-11-31)24(35)38-15-18-2-6-21(7-3-18)40-26(27,28)29/h2-9,14H,10-13,15-17H2,1H3/t25-/m1/s1. The van der Waals surface area contributed by atoms with Crippen LogP contribution in [0.5, 0.6) is 17.5 Å². The largest absolute Gasteiger partial charge is 0.573 e. The van der Waals surface area contributed by atoms with Crippen LogP contribution in [-0.4, -0.2) is 70.2 Å². The monoisotopic (exact) mass is 577 g/mol. The minimum atomic E-state index is -4.77. The Labute approximate surface area is 231 Å². The lowest BCUT2D eigenvalue weighted by atomic mass is 10.1. The van der Waals surface area contributed by atoms with Crippen molar-refractivity contribution in [1.82, 2.24) is 14.5 Å². The molecule has 12 nitrogen and oxygen atoms in total. The highest BCUT2D eigenvalue weighted by atomic mass is 19.4. The summed E-state index contributed by atoms with van der Waals surface area (Å²) >= 11 is 0. The van der Waals surface area contributed by atoms with Crippen molar-refractivity contribution in [2.75, 3.05) is 37.7 Å². The van der Waals surface area contributed by atoms with Crippen LogP contribution in [0.3, 0.4) is 0 Å². The van der Waals surface area contributed by atoms with Crippen molar-refractivity contribution in [2.24, 2.45) is 0 Å². The topological polar surface area (TPSA) is 121 Å². The molecule has 5 rings (SSSR count). The summed E-state index contributed by atoms with van der Waals surface area (Å²) in [5.74, 6) is 0.0292. The molecule has 0 N–H and O–H groups in total. The molecule has 1 saturated heterocycles. The first-order chi connectivity index (χ1) is 19.5. The number of rotatable bonds is 8. The van der Waals surface area contributed by atoms with Gasteiger partial charge in [-0.1, -0.05) is 12.1 Å². The van der Waals surface area contributed by atoms with Crippen LogP contribution in [0.2, 0.25) is 0 Å². The Morgan fingerprint density at radius 1 is 1.07 bits per heavy atom. The van der Waals surface area contributed by atoms with Gasteiger partial charge in [-0.25, -0.2) is 4.79 Å². The highest BCUT2D eigenvalue weighted by Gasteiger charge is 2.41. The highest BCUT2D eigenvalue weighted by molar-refractivity contribution is 5.68. The van der Waals surface area contributed by atoms with Crippen LogP contribution in [0.4, 0.5) is 29.5 Å². The lowest BCUT2D eigenvalue weighted by Gasteiger charge is -2.35. The number of carbonyl (C=O) groups excluding carboxylic acids is 1. The lowest BCUT2D eigenvalue weighted by Crippen LogP contribution is -2.48. The molecule has 41 heavy (non-hydrogen) atoms. The van der Waals surface area contributed by atoms with Gasteiger partial charge in [0, 0.05) is 36.9 Å². The Bertz CT molecular complexity index is 1360. The third-order valence-corrected chi connectivity index (χ3v) is 6.56. The molecule has 0 saturated carbocycles. The van der Waals surface area contributed by atoms with Gasteiger partial charge in [-0.2, -0.15) is 0 Å². The zero-order valence-corrected chi connectivity index (χ0v) is 21.9. The van der Waals surface area contributed by atoms with E-state index in [1.165, 1.54) is 30.5 Å². The van der Waals surface area contributed by atoms with E-state index < -0.39 is 23.0 Å². The van der Waals surface area contributed by atoms with E-state index in [9.17, 15) is 28.1 Å². The molecule has 0 bridgehead atoms. The predicted molar refractivity (Wildman–Crippen MR) is 137 cm³/mol. The molecule has 0 spiro atoms. The molecule has 1 aromatic heterocycles. The summed E-state index contributed by atoms with van der Waals surface area (Å²) < 4.78 is 59.3. The van der Waals surface area contributed by atoms with Crippen LogP contribution in [0.15, 0.2) is 54.7 Å². The van der Waals surface area contributed by atoms with E-state index in [4.69, 9.17) is 14.2 Å². The lowest BCUT2D eigenvalue weighted by molar-refractivity contribution is -0.389. The van der Waals surface area contributed by atoms with E-state index in [-0.39, 0.29) is 30.8 Å². The van der Waals surface area contributed by atoms with Gasteiger partial charge in [0.05, 0.1) is 6.54 Å². The number of nitro groups is 1. The first kappa shape index (κ1) is 27.9. The molecular weight excluding hydrogens is 551 g/mol. The fourth-order valence-corrected chi connectivity index (χ4v) is 4.52. The van der Waals surface area contributed by atoms with Gasteiger partial charge < -0.3 is 38.9 Å². The van der Waals surface area contributed by atoms with E-state index in [1.54, 1.807) is 9.47 Å². The molecule has 2 aromatic carbocycles. The minimum Gasteiger partial charge on any atom is -0.489 e. The first-order valence-electron chi connectivity index (χ1n) is 12.6. The van der Waals surface area contributed by atoms with Gasteiger partial charge in [-0.3, -0.25) is 4.57 Å². The summed E-state index contributed by atoms with van der Waals surface area (Å²) in [5, 5.41) is 10.9. The number of ether oxygens (including phenoxy) is 4. The van der Waals surface area contributed by atoms with E-state index in [2.05, 4.69) is 14.6 Å². The van der Waals surface area contributed by atoms with Gasteiger partial charge in [0.2, 0.25) is 0 Å². The second-order valence-corrected chi connectivity index (χ2v) is 9.82. The van der Waals surface area contributed by atoms with Crippen molar-refractivity contribution in [2.45, 2.75) is 32.0 Å². The van der Waals surface area contributed by atoms with Crippen LogP contribution in [0.1, 0.15) is 12.5 Å². The Balaban J connectivity index is 1.04. The molecule has 15 heteroatoms. The van der Waals surface area contributed by atoms with Gasteiger partial charge in [-0.05, 0) is 53.8 Å². The number of anilines is 1. The second-order valence-electron chi connectivity index (χ2n) is 9.82. The number of alkyl halides is 3. The van der Waals surface area contributed by atoms with Gasteiger partial charge in [0.1, 0.15) is 30.9 Å². The normalized spacial score (nSPS) is 18.4. The number of carbonyl (C=O) groups is 1.